The second-order valence-electron chi connectivity index (χ2n) is 8.15. The van der Waals surface area contributed by atoms with E-state index in [9.17, 15) is 0 Å². The summed E-state index contributed by atoms with van der Waals surface area (Å²) in [5.74, 6) is 2.08. The molecule has 5 heteroatoms. The second-order valence-corrected chi connectivity index (χ2v) is 8.15. The molecule has 0 aromatic carbocycles. The average molecular weight is 329 g/mol. The summed E-state index contributed by atoms with van der Waals surface area (Å²) in [7, 11) is 1.86. The Hall–Kier alpha value is -1.78. The molecule has 132 valence electrons. The number of aliphatic imine (C=N–C) groups is 1. The van der Waals surface area contributed by atoms with Crippen LogP contribution in [0.3, 0.4) is 0 Å². The molecule has 0 amide bonds. The minimum absolute atomic E-state index is 0.118. The first-order valence-corrected chi connectivity index (χ1v) is 9.03. The van der Waals surface area contributed by atoms with Gasteiger partial charge in [-0.25, -0.2) is 4.98 Å². The quantitative estimate of drug-likeness (QED) is 0.684. The van der Waals surface area contributed by atoms with E-state index in [0.29, 0.717) is 5.41 Å². The number of hydrogen-bond acceptors (Lipinski definition) is 3. The molecule has 0 atom stereocenters. The fourth-order valence-corrected chi connectivity index (χ4v) is 3.53. The summed E-state index contributed by atoms with van der Waals surface area (Å²) >= 11 is 0. The smallest absolute Gasteiger partial charge is 0.194 e. The molecule has 0 aliphatic carbocycles. The lowest BCUT2D eigenvalue weighted by Gasteiger charge is -2.62. The van der Waals surface area contributed by atoms with Crippen molar-refractivity contribution < 1.29 is 0 Å². The monoisotopic (exact) mass is 329 g/mol. The second kappa shape index (κ2) is 6.26. The minimum atomic E-state index is 0.118. The summed E-state index contributed by atoms with van der Waals surface area (Å²) in [6.45, 7) is 13.3. The molecule has 0 spiro atoms. The highest BCUT2D eigenvalue weighted by Gasteiger charge is 2.53. The van der Waals surface area contributed by atoms with E-state index < -0.39 is 0 Å². The topological polar surface area (TPSA) is 43.8 Å². The van der Waals surface area contributed by atoms with Crippen molar-refractivity contribution in [1.82, 2.24) is 15.2 Å². The maximum Gasteiger partial charge on any atom is 0.194 e. The number of anilines is 1. The van der Waals surface area contributed by atoms with Crippen LogP contribution in [0, 0.1) is 5.41 Å². The van der Waals surface area contributed by atoms with Crippen molar-refractivity contribution in [3.05, 3.63) is 23.9 Å². The van der Waals surface area contributed by atoms with E-state index in [1.54, 1.807) is 0 Å². The van der Waals surface area contributed by atoms with Gasteiger partial charge in [0.1, 0.15) is 5.82 Å². The Morgan fingerprint density at radius 2 is 1.92 bits per heavy atom. The van der Waals surface area contributed by atoms with Crippen LogP contribution in [0.15, 0.2) is 23.3 Å². The van der Waals surface area contributed by atoms with Gasteiger partial charge >= 0.3 is 0 Å². The van der Waals surface area contributed by atoms with E-state index in [-0.39, 0.29) is 5.54 Å². The van der Waals surface area contributed by atoms with Crippen LogP contribution in [0.2, 0.25) is 0 Å². The molecule has 2 aliphatic rings. The summed E-state index contributed by atoms with van der Waals surface area (Å²) in [4.78, 5) is 13.8. The summed E-state index contributed by atoms with van der Waals surface area (Å²) in [5, 5.41) is 3.49. The van der Waals surface area contributed by atoms with Crippen LogP contribution < -0.4 is 10.2 Å². The van der Waals surface area contributed by atoms with Gasteiger partial charge in [-0.3, -0.25) is 4.99 Å². The lowest BCUT2D eigenvalue weighted by molar-refractivity contribution is -0.0667. The number of nitrogens with one attached hydrogen (secondary N) is 1. The van der Waals surface area contributed by atoms with Crippen molar-refractivity contribution in [2.75, 3.05) is 31.6 Å². The number of guanidine groups is 1. The highest BCUT2D eigenvalue weighted by Crippen LogP contribution is 2.46. The van der Waals surface area contributed by atoms with E-state index in [1.807, 2.05) is 13.2 Å². The van der Waals surface area contributed by atoms with Gasteiger partial charge in [-0.1, -0.05) is 19.9 Å². The highest BCUT2D eigenvalue weighted by atomic mass is 15.4. The lowest BCUT2D eigenvalue weighted by atomic mass is 9.65. The molecule has 2 saturated heterocycles. The lowest BCUT2D eigenvalue weighted by Crippen LogP contribution is -2.72. The predicted molar refractivity (Wildman–Crippen MR) is 100 cm³/mol. The molecule has 1 aromatic rings. The van der Waals surface area contributed by atoms with Crippen molar-refractivity contribution in [3.63, 3.8) is 0 Å². The summed E-state index contributed by atoms with van der Waals surface area (Å²) in [5.41, 5.74) is 1.62. The maximum absolute atomic E-state index is 4.63. The first kappa shape index (κ1) is 17.1. The molecular weight excluding hydrogens is 298 g/mol. The van der Waals surface area contributed by atoms with Crippen molar-refractivity contribution in [3.8, 4) is 0 Å². The first-order valence-electron chi connectivity index (χ1n) is 9.03. The predicted octanol–water partition coefficient (Wildman–Crippen LogP) is 2.88. The molecule has 0 bridgehead atoms. The summed E-state index contributed by atoms with van der Waals surface area (Å²) < 4.78 is 0. The Kier molecular flexibility index (Phi) is 4.45. The average Bonchev–Trinajstić information content (AvgIpc) is 3.09. The Balaban J connectivity index is 1.58. The molecule has 2 fully saturated rings. The molecule has 5 nitrogen and oxygen atoms in total. The Bertz CT molecular complexity index is 597. The fraction of sp³-hybridized carbons (Fsp3) is 0.684. The third-order valence-corrected chi connectivity index (χ3v) is 6.04. The van der Waals surface area contributed by atoms with E-state index in [4.69, 9.17) is 0 Å². The standard InChI is InChI=1S/C19H31N5/c1-18(2)14-24(19(18,3)4)17(20-5)22-13-15-8-9-16(21-12-15)23-10-6-7-11-23/h8-9,12H,6-7,10-11,13-14H2,1-5H3,(H,20,22). The van der Waals surface area contributed by atoms with Gasteiger partial charge in [0.15, 0.2) is 5.96 Å². The Morgan fingerprint density at radius 3 is 2.42 bits per heavy atom. The summed E-state index contributed by atoms with van der Waals surface area (Å²) in [6, 6.07) is 4.31. The van der Waals surface area contributed by atoms with Crippen LogP contribution in [-0.4, -0.2) is 48.1 Å². The van der Waals surface area contributed by atoms with Crippen molar-refractivity contribution >= 4 is 11.8 Å². The van der Waals surface area contributed by atoms with Crippen LogP contribution in [0.1, 0.15) is 46.1 Å². The van der Waals surface area contributed by atoms with Crippen molar-refractivity contribution in [1.29, 1.82) is 0 Å². The van der Waals surface area contributed by atoms with Gasteiger partial charge in [-0.05, 0) is 38.3 Å². The van der Waals surface area contributed by atoms with E-state index in [0.717, 1.165) is 38.0 Å². The molecule has 3 rings (SSSR count). The molecule has 24 heavy (non-hydrogen) atoms. The van der Waals surface area contributed by atoms with E-state index in [2.05, 4.69) is 64.9 Å². The molecular formula is C19H31N5. The van der Waals surface area contributed by atoms with Crippen LogP contribution >= 0.6 is 0 Å². The SMILES string of the molecule is CN=C(NCc1ccc(N2CCCC2)nc1)N1CC(C)(C)C1(C)C. The Morgan fingerprint density at radius 1 is 1.21 bits per heavy atom. The molecule has 1 aromatic heterocycles. The van der Waals surface area contributed by atoms with Gasteiger partial charge in [-0.2, -0.15) is 0 Å². The highest BCUT2D eigenvalue weighted by molar-refractivity contribution is 5.82. The van der Waals surface area contributed by atoms with Gasteiger partial charge in [0.2, 0.25) is 0 Å². The number of rotatable bonds is 3. The zero-order valence-corrected chi connectivity index (χ0v) is 15.8. The molecule has 1 N–H and O–H groups in total. The van der Waals surface area contributed by atoms with Gasteiger partial charge < -0.3 is 15.1 Å². The van der Waals surface area contributed by atoms with Gasteiger partial charge in [0.25, 0.3) is 0 Å². The first-order chi connectivity index (χ1) is 11.3. The zero-order valence-electron chi connectivity index (χ0n) is 15.8. The summed E-state index contributed by atoms with van der Waals surface area (Å²) in [6.07, 6.45) is 4.55. The van der Waals surface area contributed by atoms with Crippen LogP contribution in [-0.2, 0) is 6.54 Å². The molecule has 0 radical (unpaired) electrons. The third-order valence-electron chi connectivity index (χ3n) is 6.04. The van der Waals surface area contributed by atoms with Crippen molar-refractivity contribution in [2.24, 2.45) is 10.4 Å². The number of hydrogen-bond donors (Lipinski definition) is 1. The minimum Gasteiger partial charge on any atom is -0.357 e. The normalized spacial score (nSPS) is 22.5. The fourth-order valence-electron chi connectivity index (χ4n) is 3.53. The van der Waals surface area contributed by atoms with Crippen LogP contribution in [0.5, 0.6) is 0 Å². The van der Waals surface area contributed by atoms with E-state index in [1.165, 1.54) is 18.4 Å². The van der Waals surface area contributed by atoms with Crippen LogP contribution in [0.25, 0.3) is 0 Å². The molecule has 0 saturated carbocycles. The molecule has 0 unspecified atom stereocenters. The third kappa shape index (κ3) is 2.96. The number of pyridine rings is 1. The largest absolute Gasteiger partial charge is 0.357 e. The van der Waals surface area contributed by atoms with Gasteiger partial charge in [0, 0.05) is 50.4 Å². The molecule has 2 aliphatic heterocycles. The van der Waals surface area contributed by atoms with E-state index >= 15 is 0 Å². The Labute approximate surface area is 146 Å². The van der Waals surface area contributed by atoms with Gasteiger partial charge in [0.05, 0.1) is 0 Å². The van der Waals surface area contributed by atoms with Crippen molar-refractivity contribution in [2.45, 2.75) is 52.6 Å². The number of nitrogens with zero attached hydrogens (tertiary/aromatic N) is 4. The van der Waals surface area contributed by atoms with Crippen LogP contribution in [0.4, 0.5) is 5.82 Å². The maximum atomic E-state index is 4.63. The molecule has 3 heterocycles. The zero-order chi connectivity index (χ0) is 17.4. The number of likely N-dealkylation sites (tertiary alicyclic amines) is 1. The number of aromatic nitrogens is 1. The van der Waals surface area contributed by atoms with Gasteiger partial charge in [-0.15, -0.1) is 0 Å².